The lowest BCUT2D eigenvalue weighted by atomic mass is 10.2. The molecule has 1 heterocycles. The van der Waals surface area contributed by atoms with E-state index >= 15 is 0 Å². The highest BCUT2D eigenvalue weighted by atomic mass is 32.2. The quantitative estimate of drug-likeness (QED) is 0.592. The maximum absolute atomic E-state index is 11.7. The zero-order chi connectivity index (χ0) is 12.6. The summed E-state index contributed by atoms with van der Waals surface area (Å²) in [5.41, 5.74) is 0.847. The first-order chi connectivity index (χ1) is 7.92. The average Bonchev–Trinajstić information content (AvgIpc) is 2.58. The number of rotatable bonds is 2. The van der Waals surface area contributed by atoms with Gasteiger partial charge in [-0.25, -0.2) is 8.42 Å². The lowest BCUT2D eigenvalue weighted by Crippen LogP contribution is -2.25. The Morgan fingerprint density at radius 1 is 1.41 bits per heavy atom. The fourth-order valence-corrected chi connectivity index (χ4v) is 3.44. The van der Waals surface area contributed by atoms with Gasteiger partial charge in [0.05, 0.1) is 16.4 Å². The van der Waals surface area contributed by atoms with Crippen LogP contribution < -0.4 is 4.31 Å². The molecule has 0 atom stereocenters. The van der Waals surface area contributed by atoms with Gasteiger partial charge in [-0.1, -0.05) is 6.07 Å². The van der Waals surface area contributed by atoms with E-state index in [-0.39, 0.29) is 11.4 Å². The first-order valence-electron chi connectivity index (χ1n) is 5.17. The topological polar surface area (TPSA) is 80.5 Å². The Morgan fingerprint density at radius 2 is 2.12 bits per heavy atom. The van der Waals surface area contributed by atoms with Crippen LogP contribution in [0, 0.1) is 17.0 Å². The molecule has 0 saturated carbocycles. The van der Waals surface area contributed by atoms with Gasteiger partial charge in [-0.3, -0.25) is 14.4 Å². The number of hydrogen-bond acceptors (Lipinski definition) is 4. The Morgan fingerprint density at radius 3 is 2.65 bits per heavy atom. The van der Waals surface area contributed by atoms with Crippen molar-refractivity contribution in [2.24, 2.45) is 0 Å². The Kier molecular flexibility index (Phi) is 2.78. The Labute approximate surface area is 99.1 Å². The van der Waals surface area contributed by atoms with Crippen molar-refractivity contribution in [2.75, 3.05) is 16.6 Å². The molecule has 1 aliphatic rings. The van der Waals surface area contributed by atoms with Crippen molar-refractivity contribution in [2.45, 2.75) is 13.3 Å². The smallest absolute Gasteiger partial charge is 0.270 e. The summed E-state index contributed by atoms with van der Waals surface area (Å²) >= 11 is 0. The number of nitrogens with zero attached hydrogens (tertiary/aromatic N) is 2. The van der Waals surface area contributed by atoms with Crippen LogP contribution in [0.1, 0.15) is 12.0 Å². The second-order valence-electron chi connectivity index (χ2n) is 3.97. The van der Waals surface area contributed by atoms with Crippen LogP contribution in [0.4, 0.5) is 11.4 Å². The molecule has 0 unspecified atom stereocenters. The molecule has 0 aromatic heterocycles. The van der Waals surface area contributed by atoms with E-state index in [0.29, 0.717) is 24.2 Å². The van der Waals surface area contributed by atoms with Crippen molar-refractivity contribution in [3.63, 3.8) is 0 Å². The van der Waals surface area contributed by atoms with Crippen molar-refractivity contribution in [1.82, 2.24) is 0 Å². The molecule has 0 aliphatic carbocycles. The Balaban J connectivity index is 2.47. The first-order valence-corrected chi connectivity index (χ1v) is 6.78. The van der Waals surface area contributed by atoms with Gasteiger partial charge in [-0.15, -0.1) is 0 Å². The lowest BCUT2D eigenvalue weighted by Gasteiger charge is -2.16. The van der Waals surface area contributed by atoms with Crippen LogP contribution in [0.3, 0.4) is 0 Å². The molecule has 1 aromatic carbocycles. The molecule has 2 rings (SSSR count). The van der Waals surface area contributed by atoms with Crippen molar-refractivity contribution in [3.8, 4) is 0 Å². The molecule has 0 N–H and O–H groups in total. The first kappa shape index (κ1) is 11.8. The van der Waals surface area contributed by atoms with E-state index in [1.807, 2.05) is 0 Å². The summed E-state index contributed by atoms with van der Waals surface area (Å²) in [6.07, 6.45) is 0.560. The lowest BCUT2D eigenvalue weighted by molar-refractivity contribution is -0.385. The fraction of sp³-hybridized carbons (Fsp3) is 0.400. The van der Waals surface area contributed by atoms with Gasteiger partial charge in [0.1, 0.15) is 0 Å². The molecule has 0 radical (unpaired) electrons. The fourth-order valence-electron chi connectivity index (χ4n) is 1.88. The minimum absolute atomic E-state index is 0.0513. The van der Waals surface area contributed by atoms with Gasteiger partial charge in [0, 0.05) is 18.2 Å². The molecular formula is C10H12N2O4S. The van der Waals surface area contributed by atoms with Crippen LogP contribution in [0.5, 0.6) is 0 Å². The van der Waals surface area contributed by atoms with Crippen LogP contribution in [-0.4, -0.2) is 25.6 Å². The Hall–Kier alpha value is -1.63. The molecule has 1 aromatic rings. The summed E-state index contributed by atoms with van der Waals surface area (Å²) in [4.78, 5) is 10.3. The number of aryl methyl sites for hydroxylation is 1. The van der Waals surface area contributed by atoms with E-state index < -0.39 is 14.9 Å². The third-order valence-electron chi connectivity index (χ3n) is 2.78. The third-order valence-corrected chi connectivity index (χ3v) is 4.65. The Bertz CT molecular complexity index is 568. The van der Waals surface area contributed by atoms with Gasteiger partial charge in [0.15, 0.2) is 0 Å². The summed E-state index contributed by atoms with van der Waals surface area (Å²) in [6.45, 7) is 2.02. The van der Waals surface area contributed by atoms with Crippen molar-refractivity contribution in [1.29, 1.82) is 0 Å². The number of sulfonamides is 1. The zero-order valence-electron chi connectivity index (χ0n) is 9.29. The van der Waals surface area contributed by atoms with E-state index in [2.05, 4.69) is 0 Å². The van der Waals surface area contributed by atoms with Crippen molar-refractivity contribution >= 4 is 21.4 Å². The maximum Gasteiger partial charge on any atom is 0.274 e. The minimum Gasteiger partial charge on any atom is -0.270 e. The third kappa shape index (κ3) is 2.10. The molecule has 0 spiro atoms. The maximum atomic E-state index is 11.7. The molecule has 6 nitrogen and oxygen atoms in total. The van der Waals surface area contributed by atoms with E-state index in [0.717, 1.165) is 0 Å². The van der Waals surface area contributed by atoms with Gasteiger partial charge < -0.3 is 0 Å². The highest BCUT2D eigenvalue weighted by Crippen LogP contribution is 2.29. The molecule has 0 amide bonds. The van der Waals surface area contributed by atoms with Crippen LogP contribution >= 0.6 is 0 Å². The van der Waals surface area contributed by atoms with Crippen molar-refractivity contribution < 1.29 is 13.3 Å². The van der Waals surface area contributed by atoms with E-state index in [1.54, 1.807) is 19.1 Å². The zero-order valence-corrected chi connectivity index (χ0v) is 10.1. The molecule has 17 heavy (non-hydrogen) atoms. The molecule has 92 valence electrons. The molecule has 7 heteroatoms. The normalized spacial score (nSPS) is 18.3. The van der Waals surface area contributed by atoms with Gasteiger partial charge in [0.25, 0.3) is 5.69 Å². The number of hydrogen-bond donors (Lipinski definition) is 0. The largest absolute Gasteiger partial charge is 0.274 e. The highest BCUT2D eigenvalue weighted by molar-refractivity contribution is 7.93. The second-order valence-corrected chi connectivity index (χ2v) is 5.98. The van der Waals surface area contributed by atoms with E-state index in [9.17, 15) is 18.5 Å². The van der Waals surface area contributed by atoms with Gasteiger partial charge >= 0.3 is 0 Å². The average molecular weight is 256 g/mol. The standard InChI is InChI=1S/C10H12N2O4S/c1-8-3-4-9(7-10(8)12(13)14)11-5-2-6-17(11,15)16/h3-4,7H,2,5-6H2,1H3. The summed E-state index contributed by atoms with van der Waals surface area (Å²) in [7, 11) is -3.28. The summed E-state index contributed by atoms with van der Waals surface area (Å²) < 4.78 is 24.6. The van der Waals surface area contributed by atoms with Gasteiger partial charge in [0.2, 0.25) is 10.0 Å². The van der Waals surface area contributed by atoms with E-state index in [1.165, 1.54) is 10.4 Å². The number of nitro groups is 1. The molecule has 1 fully saturated rings. The molecular weight excluding hydrogens is 244 g/mol. The number of benzene rings is 1. The SMILES string of the molecule is Cc1ccc(N2CCCS2(=O)=O)cc1[N+](=O)[O-]. The second kappa shape index (κ2) is 3.99. The van der Waals surface area contributed by atoms with E-state index in [4.69, 9.17) is 0 Å². The summed E-state index contributed by atoms with van der Waals surface area (Å²) in [5.74, 6) is 0.106. The summed E-state index contributed by atoms with van der Waals surface area (Å²) in [5, 5.41) is 10.8. The predicted octanol–water partition coefficient (Wildman–Crippen LogP) is 1.44. The van der Waals surface area contributed by atoms with Crippen molar-refractivity contribution in [3.05, 3.63) is 33.9 Å². The highest BCUT2D eigenvalue weighted by Gasteiger charge is 2.29. The predicted molar refractivity (Wildman–Crippen MR) is 63.6 cm³/mol. The van der Waals surface area contributed by atoms with Gasteiger partial charge in [-0.05, 0) is 19.4 Å². The minimum atomic E-state index is -3.28. The van der Waals surface area contributed by atoms with Crippen LogP contribution in [0.25, 0.3) is 0 Å². The van der Waals surface area contributed by atoms with Crippen LogP contribution in [0.15, 0.2) is 18.2 Å². The molecule has 1 aliphatic heterocycles. The number of nitro benzene ring substituents is 1. The molecule has 0 bridgehead atoms. The van der Waals surface area contributed by atoms with Gasteiger partial charge in [-0.2, -0.15) is 0 Å². The number of anilines is 1. The molecule has 1 saturated heterocycles. The van der Waals surface area contributed by atoms with Crippen LogP contribution in [0.2, 0.25) is 0 Å². The summed E-state index contributed by atoms with van der Waals surface area (Å²) in [6, 6.07) is 4.49. The monoisotopic (exact) mass is 256 g/mol. The van der Waals surface area contributed by atoms with Crippen LogP contribution in [-0.2, 0) is 10.0 Å².